The Morgan fingerprint density at radius 1 is 0.944 bits per heavy atom. The minimum absolute atomic E-state index is 0.111. The van der Waals surface area contributed by atoms with Gasteiger partial charge in [-0.1, -0.05) is 41.5 Å². The number of nitrogens with one attached hydrogen (secondary N) is 1. The lowest BCUT2D eigenvalue weighted by Crippen LogP contribution is -2.23. The van der Waals surface area contributed by atoms with Gasteiger partial charge in [-0.2, -0.15) is 0 Å². The summed E-state index contributed by atoms with van der Waals surface area (Å²) in [7, 11) is 1.66. The summed E-state index contributed by atoms with van der Waals surface area (Å²) < 4.78 is 0. The Morgan fingerprint density at radius 3 is 1.50 bits per heavy atom. The lowest BCUT2D eigenvalue weighted by atomic mass is 9.90. The Kier molecular flexibility index (Phi) is 8.96. The second kappa shape index (κ2) is 8.28. The van der Waals surface area contributed by atoms with Crippen LogP contribution in [-0.2, 0) is 9.59 Å². The van der Waals surface area contributed by atoms with Crippen molar-refractivity contribution in [3.63, 3.8) is 0 Å². The van der Waals surface area contributed by atoms with Crippen LogP contribution in [0.2, 0.25) is 0 Å². The van der Waals surface area contributed by atoms with Crippen LogP contribution in [0.3, 0.4) is 0 Å². The standard InChI is InChI=1S/C8H16O.C7H15NO/c1-7(9)5-6-8(2,3)4;1-7(2,3)5-6(9)8-4/h5-6H2,1-4H3;5H2,1-4H3,(H,8,9). The molecule has 0 heterocycles. The highest BCUT2D eigenvalue weighted by Crippen LogP contribution is 2.20. The molecular formula is C15H31NO2. The van der Waals surface area contributed by atoms with Crippen molar-refractivity contribution in [3.05, 3.63) is 0 Å². The SMILES string of the molecule is CC(=O)CCC(C)(C)C.CNC(=O)CC(C)(C)C. The van der Waals surface area contributed by atoms with Crippen molar-refractivity contribution in [3.8, 4) is 0 Å². The third-order valence-corrected chi connectivity index (χ3v) is 2.20. The molecule has 1 amide bonds. The molecule has 0 atom stereocenters. The molecule has 1 N–H and O–H groups in total. The quantitative estimate of drug-likeness (QED) is 0.840. The van der Waals surface area contributed by atoms with Gasteiger partial charge in [0, 0.05) is 19.9 Å². The molecule has 0 spiro atoms. The van der Waals surface area contributed by atoms with Gasteiger partial charge >= 0.3 is 0 Å². The van der Waals surface area contributed by atoms with E-state index in [4.69, 9.17) is 0 Å². The highest BCUT2D eigenvalue weighted by Gasteiger charge is 2.13. The summed E-state index contributed by atoms with van der Waals surface area (Å²) in [6, 6.07) is 0. The van der Waals surface area contributed by atoms with Gasteiger partial charge in [-0.05, 0) is 24.2 Å². The zero-order chi connectivity index (χ0) is 15.0. The van der Waals surface area contributed by atoms with Gasteiger partial charge in [-0.15, -0.1) is 0 Å². The van der Waals surface area contributed by atoms with Gasteiger partial charge in [0.1, 0.15) is 5.78 Å². The molecule has 0 aliphatic carbocycles. The van der Waals surface area contributed by atoms with Gasteiger partial charge < -0.3 is 10.1 Å². The Balaban J connectivity index is 0. The van der Waals surface area contributed by atoms with Crippen LogP contribution in [0.4, 0.5) is 0 Å². The van der Waals surface area contributed by atoms with Crippen LogP contribution in [0.15, 0.2) is 0 Å². The number of rotatable bonds is 3. The lowest BCUT2D eigenvalue weighted by Gasteiger charge is -2.15. The maximum atomic E-state index is 10.7. The molecular weight excluding hydrogens is 226 g/mol. The number of amides is 1. The topological polar surface area (TPSA) is 46.2 Å². The van der Waals surface area contributed by atoms with Crippen molar-refractivity contribution < 1.29 is 9.59 Å². The van der Waals surface area contributed by atoms with Gasteiger partial charge in [0.25, 0.3) is 0 Å². The van der Waals surface area contributed by atoms with E-state index in [0.717, 1.165) is 12.8 Å². The number of hydrogen-bond donors (Lipinski definition) is 1. The summed E-state index contributed by atoms with van der Waals surface area (Å²) in [4.78, 5) is 21.2. The fourth-order valence-electron chi connectivity index (χ4n) is 1.12. The molecule has 18 heavy (non-hydrogen) atoms. The minimum atomic E-state index is 0.111. The predicted molar refractivity (Wildman–Crippen MR) is 77.5 cm³/mol. The van der Waals surface area contributed by atoms with E-state index in [9.17, 15) is 9.59 Å². The van der Waals surface area contributed by atoms with Crippen LogP contribution in [0.25, 0.3) is 0 Å². The number of hydrogen-bond acceptors (Lipinski definition) is 2. The lowest BCUT2D eigenvalue weighted by molar-refractivity contribution is -0.122. The number of carbonyl (C=O) groups excluding carboxylic acids is 2. The summed E-state index contributed by atoms with van der Waals surface area (Å²) in [5, 5.41) is 2.58. The van der Waals surface area contributed by atoms with E-state index in [0.29, 0.717) is 17.6 Å². The van der Waals surface area contributed by atoms with Crippen molar-refractivity contribution in [1.82, 2.24) is 5.32 Å². The van der Waals surface area contributed by atoms with E-state index in [2.05, 4.69) is 26.1 Å². The zero-order valence-corrected chi connectivity index (χ0v) is 13.4. The van der Waals surface area contributed by atoms with Crippen LogP contribution in [0, 0.1) is 10.8 Å². The van der Waals surface area contributed by atoms with Crippen LogP contribution >= 0.6 is 0 Å². The molecule has 108 valence electrons. The van der Waals surface area contributed by atoms with Crippen LogP contribution in [0.1, 0.15) is 67.7 Å². The second-order valence-corrected chi connectivity index (χ2v) is 7.17. The summed E-state index contributed by atoms with van der Waals surface area (Å²) in [5.74, 6) is 0.410. The molecule has 0 unspecified atom stereocenters. The Hall–Kier alpha value is -0.860. The highest BCUT2D eigenvalue weighted by molar-refractivity contribution is 5.76. The first-order valence-electron chi connectivity index (χ1n) is 6.57. The Bertz CT molecular complexity index is 257. The predicted octanol–water partition coefficient (Wildman–Crippen LogP) is 3.57. The molecule has 0 radical (unpaired) electrons. The minimum Gasteiger partial charge on any atom is -0.359 e. The monoisotopic (exact) mass is 257 g/mol. The third kappa shape index (κ3) is 20.5. The first-order valence-corrected chi connectivity index (χ1v) is 6.57. The fourth-order valence-corrected chi connectivity index (χ4v) is 1.12. The highest BCUT2D eigenvalue weighted by atomic mass is 16.1. The van der Waals surface area contributed by atoms with Gasteiger partial charge in [0.05, 0.1) is 0 Å². The molecule has 3 heteroatoms. The first kappa shape index (κ1) is 19.5. The molecule has 0 aliphatic rings. The molecule has 0 aromatic carbocycles. The van der Waals surface area contributed by atoms with Crippen molar-refractivity contribution in [1.29, 1.82) is 0 Å². The summed E-state index contributed by atoms with van der Waals surface area (Å²) >= 11 is 0. The third-order valence-electron chi connectivity index (χ3n) is 2.20. The molecule has 0 saturated heterocycles. The van der Waals surface area contributed by atoms with E-state index in [-0.39, 0.29) is 11.3 Å². The van der Waals surface area contributed by atoms with Gasteiger partial charge in [-0.3, -0.25) is 4.79 Å². The normalized spacial score (nSPS) is 11.3. The molecule has 0 saturated carbocycles. The second-order valence-electron chi connectivity index (χ2n) is 7.17. The summed E-state index contributed by atoms with van der Waals surface area (Å²) in [5.41, 5.74) is 0.422. The van der Waals surface area contributed by atoms with Crippen molar-refractivity contribution in [2.24, 2.45) is 10.8 Å². The van der Waals surface area contributed by atoms with E-state index in [1.165, 1.54) is 0 Å². The van der Waals surface area contributed by atoms with Gasteiger partial charge in [0.2, 0.25) is 5.91 Å². The number of Topliss-reactive ketones (excluding diaryl/α,β-unsaturated/α-hetero) is 1. The molecule has 0 fully saturated rings. The smallest absolute Gasteiger partial charge is 0.220 e. The molecule has 3 nitrogen and oxygen atoms in total. The van der Waals surface area contributed by atoms with Crippen molar-refractivity contribution in [2.75, 3.05) is 7.05 Å². The van der Waals surface area contributed by atoms with Crippen molar-refractivity contribution >= 4 is 11.7 Å². The summed E-state index contributed by atoms with van der Waals surface area (Å²) in [6.07, 6.45) is 2.33. The summed E-state index contributed by atoms with van der Waals surface area (Å²) in [6.45, 7) is 14.2. The maximum Gasteiger partial charge on any atom is 0.220 e. The molecule has 0 rings (SSSR count). The van der Waals surface area contributed by atoms with E-state index >= 15 is 0 Å². The van der Waals surface area contributed by atoms with Gasteiger partial charge in [-0.25, -0.2) is 0 Å². The number of ketones is 1. The van der Waals surface area contributed by atoms with Crippen molar-refractivity contribution in [2.45, 2.75) is 67.7 Å². The maximum absolute atomic E-state index is 10.7. The average molecular weight is 257 g/mol. The molecule has 0 aromatic heterocycles. The molecule has 0 bridgehead atoms. The number of carbonyl (C=O) groups is 2. The fraction of sp³-hybridized carbons (Fsp3) is 0.867. The van der Waals surface area contributed by atoms with Crippen LogP contribution < -0.4 is 5.32 Å². The Labute approximate surface area is 113 Å². The van der Waals surface area contributed by atoms with Crippen LogP contribution in [0.5, 0.6) is 0 Å². The van der Waals surface area contributed by atoms with Gasteiger partial charge in [0.15, 0.2) is 0 Å². The average Bonchev–Trinajstić information content (AvgIpc) is 2.12. The van der Waals surface area contributed by atoms with E-state index in [1.807, 2.05) is 20.8 Å². The van der Waals surface area contributed by atoms with Crippen LogP contribution in [-0.4, -0.2) is 18.7 Å². The largest absolute Gasteiger partial charge is 0.359 e. The van der Waals surface area contributed by atoms with E-state index < -0.39 is 0 Å². The van der Waals surface area contributed by atoms with E-state index in [1.54, 1.807) is 14.0 Å². The zero-order valence-electron chi connectivity index (χ0n) is 13.4. The first-order chi connectivity index (χ1) is 7.87. The molecule has 0 aliphatic heterocycles. The molecule has 0 aromatic rings. The Morgan fingerprint density at radius 2 is 1.39 bits per heavy atom.